The van der Waals surface area contributed by atoms with Gasteiger partial charge in [0.1, 0.15) is 4.83 Å². The maximum absolute atomic E-state index is 12.1. The summed E-state index contributed by atoms with van der Waals surface area (Å²) >= 11 is 3.28. The molecule has 4 nitrogen and oxygen atoms in total. The van der Waals surface area contributed by atoms with E-state index in [4.69, 9.17) is 0 Å². The second kappa shape index (κ2) is 6.73. The Kier molecular flexibility index (Phi) is 5.83. The van der Waals surface area contributed by atoms with Crippen molar-refractivity contribution >= 4 is 27.8 Å². The minimum absolute atomic E-state index is 0.139. The first-order valence-electron chi connectivity index (χ1n) is 6.75. The number of nitrogens with zero attached hydrogens (tertiary/aromatic N) is 1. The Balaban J connectivity index is 2.61. The van der Waals surface area contributed by atoms with Crippen molar-refractivity contribution in [3.05, 3.63) is 0 Å². The fraction of sp³-hybridized carbons (Fsp3) is 0.857. The summed E-state index contributed by atoms with van der Waals surface area (Å²) in [5.41, 5.74) is 0.229. The van der Waals surface area contributed by atoms with E-state index in [9.17, 15) is 9.59 Å². The van der Waals surface area contributed by atoms with Gasteiger partial charge in [-0.05, 0) is 24.2 Å². The van der Waals surface area contributed by atoms with Crippen LogP contribution in [-0.2, 0) is 14.3 Å². The van der Waals surface area contributed by atoms with Crippen LogP contribution in [0.5, 0.6) is 0 Å². The fourth-order valence-corrected chi connectivity index (χ4v) is 3.03. The first-order valence-corrected chi connectivity index (χ1v) is 7.67. The summed E-state index contributed by atoms with van der Waals surface area (Å²) in [5, 5.41) is 0. The monoisotopic (exact) mass is 333 g/mol. The van der Waals surface area contributed by atoms with Gasteiger partial charge in [0.2, 0.25) is 5.91 Å². The molecule has 2 atom stereocenters. The average Bonchev–Trinajstić information content (AvgIpc) is 2.51. The summed E-state index contributed by atoms with van der Waals surface area (Å²) in [7, 11) is 1.36. The van der Waals surface area contributed by atoms with E-state index in [0.717, 1.165) is 19.4 Å². The molecule has 19 heavy (non-hydrogen) atoms. The van der Waals surface area contributed by atoms with Crippen molar-refractivity contribution in [3.63, 3.8) is 0 Å². The predicted octanol–water partition coefficient (Wildman–Crippen LogP) is 2.60. The van der Waals surface area contributed by atoms with Crippen molar-refractivity contribution in [1.29, 1.82) is 0 Å². The molecule has 1 amide bonds. The van der Waals surface area contributed by atoms with Crippen molar-refractivity contribution in [2.75, 3.05) is 20.2 Å². The molecule has 0 saturated carbocycles. The Hall–Kier alpha value is -0.580. The highest BCUT2D eigenvalue weighted by Crippen LogP contribution is 2.34. The largest absolute Gasteiger partial charge is 0.468 e. The van der Waals surface area contributed by atoms with Crippen molar-refractivity contribution in [2.24, 2.45) is 11.3 Å². The van der Waals surface area contributed by atoms with Gasteiger partial charge in [0.25, 0.3) is 0 Å². The molecule has 1 heterocycles. The van der Waals surface area contributed by atoms with Gasteiger partial charge >= 0.3 is 5.97 Å². The molecular formula is C14H24BrNO3. The van der Waals surface area contributed by atoms with Gasteiger partial charge in [-0.3, -0.25) is 9.59 Å². The minimum atomic E-state index is -0.437. The molecule has 0 radical (unpaired) electrons. The summed E-state index contributed by atoms with van der Waals surface area (Å²) in [5.74, 6) is 0.359. The molecule has 0 N–H and O–H groups in total. The highest BCUT2D eigenvalue weighted by Gasteiger charge is 2.31. The van der Waals surface area contributed by atoms with Crippen LogP contribution in [0.3, 0.4) is 0 Å². The van der Waals surface area contributed by atoms with Gasteiger partial charge in [0, 0.05) is 19.5 Å². The van der Waals surface area contributed by atoms with E-state index in [-0.39, 0.29) is 17.3 Å². The van der Waals surface area contributed by atoms with Crippen molar-refractivity contribution in [2.45, 2.75) is 44.9 Å². The number of ether oxygens (including phenoxy) is 1. The number of amides is 1. The van der Waals surface area contributed by atoms with Gasteiger partial charge < -0.3 is 9.64 Å². The van der Waals surface area contributed by atoms with E-state index in [1.54, 1.807) is 4.90 Å². The first kappa shape index (κ1) is 16.5. The molecule has 0 aromatic carbocycles. The molecule has 0 aromatic rings. The summed E-state index contributed by atoms with van der Waals surface area (Å²) < 4.78 is 4.67. The Labute approximate surface area is 124 Å². The molecule has 1 rings (SSSR count). The Bertz CT molecular complexity index is 338. The second-order valence-electron chi connectivity index (χ2n) is 6.22. The maximum Gasteiger partial charge on any atom is 0.321 e. The average molecular weight is 334 g/mol. The number of carbonyl (C=O) groups excluding carboxylic acids is 2. The third-order valence-corrected chi connectivity index (χ3v) is 4.53. The number of hydrogen-bond acceptors (Lipinski definition) is 3. The quantitative estimate of drug-likeness (QED) is 0.589. The first-order chi connectivity index (χ1) is 8.75. The van der Waals surface area contributed by atoms with Crippen LogP contribution in [0.15, 0.2) is 0 Å². The fourth-order valence-electron chi connectivity index (χ4n) is 2.49. The topological polar surface area (TPSA) is 46.6 Å². The number of esters is 1. The molecule has 0 aromatic heterocycles. The normalized spacial score (nSPS) is 22.9. The Morgan fingerprint density at radius 3 is 2.63 bits per heavy atom. The maximum atomic E-state index is 12.1. The third kappa shape index (κ3) is 4.79. The van der Waals surface area contributed by atoms with Crippen LogP contribution >= 0.6 is 15.9 Å². The van der Waals surface area contributed by atoms with Gasteiger partial charge in [-0.25, -0.2) is 0 Å². The van der Waals surface area contributed by atoms with E-state index >= 15 is 0 Å². The lowest BCUT2D eigenvalue weighted by atomic mass is 9.77. The van der Waals surface area contributed by atoms with Crippen LogP contribution in [-0.4, -0.2) is 41.8 Å². The molecular weight excluding hydrogens is 310 g/mol. The highest BCUT2D eigenvalue weighted by molar-refractivity contribution is 9.10. The molecule has 1 fully saturated rings. The lowest BCUT2D eigenvalue weighted by Crippen LogP contribution is -2.38. The SMILES string of the molecule is COC(=O)C(Br)CN1CCC(C(C)(C)C)CCC1=O. The minimum Gasteiger partial charge on any atom is -0.468 e. The lowest BCUT2D eigenvalue weighted by molar-refractivity contribution is -0.140. The van der Waals surface area contributed by atoms with Crippen molar-refractivity contribution in [1.82, 2.24) is 4.90 Å². The second-order valence-corrected chi connectivity index (χ2v) is 7.33. The van der Waals surface area contributed by atoms with Crippen LogP contribution in [0.25, 0.3) is 0 Å². The van der Waals surface area contributed by atoms with E-state index in [2.05, 4.69) is 41.4 Å². The van der Waals surface area contributed by atoms with Gasteiger partial charge in [-0.2, -0.15) is 0 Å². The van der Waals surface area contributed by atoms with Crippen LogP contribution in [0.1, 0.15) is 40.0 Å². The highest BCUT2D eigenvalue weighted by atomic mass is 79.9. The molecule has 1 aliphatic rings. The van der Waals surface area contributed by atoms with Gasteiger partial charge in [-0.15, -0.1) is 0 Å². The molecule has 0 spiro atoms. The van der Waals surface area contributed by atoms with E-state index < -0.39 is 4.83 Å². The predicted molar refractivity (Wildman–Crippen MR) is 78.1 cm³/mol. The number of carbonyl (C=O) groups is 2. The zero-order chi connectivity index (χ0) is 14.6. The molecule has 1 aliphatic heterocycles. The number of halogens is 1. The number of methoxy groups -OCH3 is 1. The molecule has 0 aliphatic carbocycles. The molecule has 2 unspecified atom stereocenters. The third-order valence-electron chi connectivity index (χ3n) is 3.87. The van der Waals surface area contributed by atoms with Crippen LogP contribution < -0.4 is 0 Å². The summed E-state index contributed by atoms with van der Waals surface area (Å²) in [6, 6.07) is 0. The van der Waals surface area contributed by atoms with Gasteiger partial charge in [0.15, 0.2) is 0 Å². The molecule has 0 bridgehead atoms. The van der Waals surface area contributed by atoms with Crippen LogP contribution in [0.2, 0.25) is 0 Å². The smallest absolute Gasteiger partial charge is 0.321 e. The number of hydrogen-bond donors (Lipinski definition) is 0. The summed E-state index contributed by atoms with van der Waals surface area (Å²) in [6.45, 7) is 7.78. The van der Waals surface area contributed by atoms with Gasteiger partial charge in [-0.1, -0.05) is 36.7 Å². The zero-order valence-electron chi connectivity index (χ0n) is 12.2. The molecule has 1 saturated heterocycles. The standard InChI is InChI=1S/C14H24BrNO3/c1-14(2,3)10-5-6-12(17)16(8-7-10)9-11(15)13(18)19-4/h10-11H,5-9H2,1-4H3. The summed E-state index contributed by atoms with van der Waals surface area (Å²) in [6.07, 6.45) is 2.50. The van der Waals surface area contributed by atoms with Crippen molar-refractivity contribution < 1.29 is 14.3 Å². The summed E-state index contributed by atoms with van der Waals surface area (Å²) in [4.78, 5) is 24.8. The van der Waals surface area contributed by atoms with Crippen molar-refractivity contribution in [3.8, 4) is 0 Å². The Morgan fingerprint density at radius 2 is 2.11 bits per heavy atom. The number of rotatable bonds is 3. The van der Waals surface area contributed by atoms with Crippen LogP contribution in [0.4, 0.5) is 0 Å². The Morgan fingerprint density at radius 1 is 1.47 bits per heavy atom. The van der Waals surface area contributed by atoms with E-state index in [1.165, 1.54) is 7.11 Å². The number of alkyl halides is 1. The van der Waals surface area contributed by atoms with E-state index in [1.807, 2.05) is 0 Å². The van der Waals surface area contributed by atoms with Gasteiger partial charge in [0.05, 0.1) is 7.11 Å². The van der Waals surface area contributed by atoms with Crippen LogP contribution in [0, 0.1) is 11.3 Å². The van der Waals surface area contributed by atoms with E-state index in [0.29, 0.717) is 18.9 Å². The number of likely N-dealkylation sites (tertiary alicyclic amines) is 1. The zero-order valence-corrected chi connectivity index (χ0v) is 13.8. The molecule has 110 valence electrons. The lowest BCUT2D eigenvalue weighted by Gasteiger charge is -2.29. The molecule has 5 heteroatoms.